The predicted octanol–water partition coefficient (Wildman–Crippen LogP) is 0.279. The summed E-state index contributed by atoms with van der Waals surface area (Å²) in [7, 11) is 0. The van der Waals surface area contributed by atoms with Crippen LogP contribution in [-0.4, -0.2) is 35.4 Å². The highest BCUT2D eigenvalue weighted by Gasteiger charge is 2.20. The number of nitro groups is 1. The largest absolute Gasteiger partial charge is 0.463 e. The Hall–Kier alpha value is -2.97. The van der Waals surface area contributed by atoms with Crippen molar-refractivity contribution in [2.75, 3.05) is 6.61 Å². The number of carbonyl (C=O) groups excluding carboxylic acids is 3. The van der Waals surface area contributed by atoms with Gasteiger partial charge >= 0.3 is 5.97 Å². The van der Waals surface area contributed by atoms with E-state index in [2.05, 4.69) is 10.6 Å². The number of ether oxygens (including phenoxy) is 1. The zero-order valence-electron chi connectivity index (χ0n) is 12.7. The number of amides is 2. The zero-order chi connectivity index (χ0) is 17.4. The van der Waals surface area contributed by atoms with Crippen molar-refractivity contribution >= 4 is 23.5 Å². The van der Waals surface area contributed by atoms with Crippen LogP contribution in [0.3, 0.4) is 0 Å². The van der Waals surface area contributed by atoms with E-state index in [-0.39, 0.29) is 18.8 Å². The van der Waals surface area contributed by atoms with Crippen LogP contribution in [0, 0.1) is 10.1 Å². The highest BCUT2D eigenvalue weighted by atomic mass is 16.6. The SMILES string of the molecule is CC(=O)N[C@H](COC(C)=O)C(=O)NCc1ccc([N+](=O)[O-])cc1. The summed E-state index contributed by atoms with van der Waals surface area (Å²) in [6.45, 7) is 2.28. The third-order valence-corrected chi connectivity index (χ3v) is 2.76. The Balaban J connectivity index is 2.61. The summed E-state index contributed by atoms with van der Waals surface area (Å²) in [5.74, 6) is -1.53. The lowest BCUT2D eigenvalue weighted by Gasteiger charge is -2.17. The number of rotatable bonds is 7. The molecule has 9 heteroatoms. The van der Waals surface area contributed by atoms with Gasteiger partial charge in [-0.15, -0.1) is 0 Å². The molecular weight excluding hydrogens is 306 g/mol. The Kier molecular flexibility index (Phi) is 6.66. The summed E-state index contributed by atoms with van der Waals surface area (Å²) in [5.41, 5.74) is 0.601. The van der Waals surface area contributed by atoms with Gasteiger partial charge in [0.05, 0.1) is 4.92 Å². The van der Waals surface area contributed by atoms with Crippen molar-refractivity contribution in [3.63, 3.8) is 0 Å². The van der Waals surface area contributed by atoms with Crippen molar-refractivity contribution in [1.82, 2.24) is 10.6 Å². The van der Waals surface area contributed by atoms with E-state index >= 15 is 0 Å². The van der Waals surface area contributed by atoms with Gasteiger partial charge in [0, 0.05) is 32.5 Å². The molecule has 124 valence electrons. The standard InChI is InChI=1S/C14H17N3O6/c1-9(18)16-13(8-23-10(2)19)14(20)15-7-11-3-5-12(6-4-11)17(21)22/h3-6,13H,7-8H2,1-2H3,(H,15,20)(H,16,18)/t13-/m1/s1. The van der Waals surface area contributed by atoms with Crippen molar-refractivity contribution in [3.05, 3.63) is 39.9 Å². The number of non-ortho nitro benzene ring substituents is 1. The van der Waals surface area contributed by atoms with E-state index in [1.165, 1.54) is 38.1 Å². The molecule has 1 rings (SSSR count). The number of hydrogen-bond donors (Lipinski definition) is 2. The minimum Gasteiger partial charge on any atom is -0.463 e. The van der Waals surface area contributed by atoms with Gasteiger partial charge in [0.2, 0.25) is 11.8 Å². The highest BCUT2D eigenvalue weighted by Crippen LogP contribution is 2.11. The Morgan fingerprint density at radius 1 is 1.22 bits per heavy atom. The zero-order valence-corrected chi connectivity index (χ0v) is 12.7. The van der Waals surface area contributed by atoms with Gasteiger partial charge in [0.25, 0.3) is 5.69 Å². The number of hydrogen-bond acceptors (Lipinski definition) is 6. The van der Waals surface area contributed by atoms with Gasteiger partial charge in [-0.2, -0.15) is 0 Å². The Bertz CT molecular complexity index is 599. The molecule has 0 saturated carbocycles. The molecule has 2 N–H and O–H groups in total. The molecular formula is C14H17N3O6. The van der Waals surface area contributed by atoms with Crippen LogP contribution >= 0.6 is 0 Å². The van der Waals surface area contributed by atoms with Gasteiger partial charge in [-0.3, -0.25) is 24.5 Å². The molecule has 0 aliphatic heterocycles. The van der Waals surface area contributed by atoms with E-state index in [4.69, 9.17) is 4.74 Å². The number of esters is 1. The molecule has 0 unspecified atom stereocenters. The minimum absolute atomic E-state index is 0.0499. The molecule has 1 atom stereocenters. The first kappa shape index (κ1) is 18.1. The number of carbonyl (C=O) groups is 3. The van der Waals surface area contributed by atoms with Crippen LogP contribution in [0.1, 0.15) is 19.4 Å². The fraction of sp³-hybridized carbons (Fsp3) is 0.357. The third-order valence-electron chi connectivity index (χ3n) is 2.76. The molecule has 0 bridgehead atoms. The lowest BCUT2D eigenvalue weighted by molar-refractivity contribution is -0.384. The van der Waals surface area contributed by atoms with E-state index in [9.17, 15) is 24.5 Å². The molecule has 0 fully saturated rings. The maximum atomic E-state index is 12.0. The first-order chi connectivity index (χ1) is 10.8. The van der Waals surface area contributed by atoms with E-state index in [1.807, 2.05) is 0 Å². The molecule has 1 aromatic rings. The van der Waals surface area contributed by atoms with Gasteiger partial charge in [-0.1, -0.05) is 12.1 Å². The Labute approximate surface area is 132 Å². The average Bonchev–Trinajstić information content (AvgIpc) is 2.48. The number of nitrogens with one attached hydrogen (secondary N) is 2. The Morgan fingerprint density at radius 3 is 2.30 bits per heavy atom. The molecule has 1 aromatic carbocycles. The maximum Gasteiger partial charge on any atom is 0.302 e. The molecule has 0 aliphatic rings. The van der Waals surface area contributed by atoms with E-state index in [0.717, 1.165) is 0 Å². The fourth-order valence-electron chi connectivity index (χ4n) is 1.68. The Morgan fingerprint density at radius 2 is 1.83 bits per heavy atom. The maximum absolute atomic E-state index is 12.0. The molecule has 23 heavy (non-hydrogen) atoms. The normalized spacial score (nSPS) is 11.2. The topological polar surface area (TPSA) is 128 Å². The van der Waals surface area contributed by atoms with Crippen LogP contribution in [0.4, 0.5) is 5.69 Å². The van der Waals surface area contributed by atoms with Crippen LogP contribution in [0.25, 0.3) is 0 Å². The number of benzene rings is 1. The molecule has 0 saturated heterocycles. The van der Waals surface area contributed by atoms with E-state index in [1.54, 1.807) is 0 Å². The lowest BCUT2D eigenvalue weighted by atomic mass is 10.2. The summed E-state index contributed by atoms with van der Waals surface area (Å²) < 4.78 is 4.73. The summed E-state index contributed by atoms with van der Waals surface area (Å²) in [5, 5.41) is 15.5. The van der Waals surface area contributed by atoms with Gasteiger partial charge in [-0.25, -0.2) is 0 Å². The lowest BCUT2D eigenvalue weighted by Crippen LogP contribution is -2.48. The predicted molar refractivity (Wildman–Crippen MR) is 79.2 cm³/mol. The molecule has 9 nitrogen and oxygen atoms in total. The summed E-state index contributed by atoms with van der Waals surface area (Å²) >= 11 is 0. The average molecular weight is 323 g/mol. The summed E-state index contributed by atoms with van der Waals surface area (Å²) in [6, 6.07) is 4.67. The molecule has 0 heterocycles. The molecule has 0 spiro atoms. The van der Waals surface area contributed by atoms with E-state index in [0.29, 0.717) is 5.56 Å². The van der Waals surface area contributed by atoms with Crippen LogP contribution < -0.4 is 10.6 Å². The van der Waals surface area contributed by atoms with Gasteiger partial charge in [-0.05, 0) is 5.56 Å². The van der Waals surface area contributed by atoms with Gasteiger partial charge < -0.3 is 15.4 Å². The first-order valence-electron chi connectivity index (χ1n) is 6.71. The van der Waals surface area contributed by atoms with Crippen molar-refractivity contribution in [1.29, 1.82) is 0 Å². The van der Waals surface area contributed by atoms with Crippen LogP contribution in [-0.2, 0) is 25.7 Å². The van der Waals surface area contributed by atoms with Crippen molar-refractivity contribution < 1.29 is 24.0 Å². The highest BCUT2D eigenvalue weighted by molar-refractivity contribution is 5.87. The molecule has 0 radical (unpaired) electrons. The second-order valence-electron chi connectivity index (χ2n) is 4.70. The molecule has 0 aromatic heterocycles. The van der Waals surface area contributed by atoms with Gasteiger partial charge in [0.15, 0.2) is 0 Å². The number of nitro benzene ring substituents is 1. The van der Waals surface area contributed by atoms with Crippen LogP contribution in [0.5, 0.6) is 0 Å². The van der Waals surface area contributed by atoms with Crippen LogP contribution in [0.2, 0.25) is 0 Å². The smallest absolute Gasteiger partial charge is 0.302 e. The second kappa shape index (κ2) is 8.47. The van der Waals surface area contributed by atoms with E-state index < -0.39 is 28.7 Å². The first-order valence-corrected chi connectivity index (χ1v) is 6.71. The summed E-state index contributed by atoms with van der Waals surface area (Å²) in [6.07, 6.45) is 0. The fourth-order valence-corrected chi connectivity index (χ4v) is 1.68. The quantitative estimate of drug-likeness (QED) is 0.421. The van der Waals surface area contributed by atoms with Crippen molar-refractivity contribution in [2.24, 2.45) is 0 Å². The third kappa shape index (κ3) is 6.55. The van der Waals surface area contributed by atoms with Crippen molar-refractivity contribution in [3.8, 4) is 0 Å². The second-order valence-corrected chi connectivity index (χ2v) is 4.70. The minimum atomic E-state index is -1.01. The molecule has 2 amide bonds. The van der Waals surface area contributed by atoms with Crippen molar-refractivity contribution in [2.45, 2.75) is 26.4 Å². The van der Waals surface area contributed by atoms with Crippen LogP contribution in [0.15, 0.2) is 24.3 Å². The van der Waals surface area contributed by atoms with Gasteiger partial charge in [0.1, 0.15) is 12.6 Å². The summed E-state index contributed by atoms with van der Waals surface area (Å²) in [4.78, 5) is 43.9. The number of nitrogens with zero attached hydrogens (tertiary/aromatic N) is 1. The molecule has 0 aliphatic carbocycles. The monoisotopic (exact) mass is 323 g/mol.